The predicted octanol–water partition coefficient (Wildman–Crippen LogP) is 3.46. The van der Waals surface area contributed by atoms with Gasteiger partial charge in [0, 0.05) is 32.6 Å². The monoisotopic (exact) mass is 426 g/mol. The van der Waals surface area contributed by atoms with Crippen molar-refractivity contribution in [3.05, 3.63) is 64.1 Å². The average molecular weight is 427 g/mol. The lowest BCUT2D eigenvalue weighted by atomic mass is 10.1. The largest absolute Gasteiger partial charge is 0.340 e. The van der Waals surface area contributed by atoms with E-state index < -0.39 is 10.0 Å². The average Bonchev–Trinajstić information content (AvgIpc) is 2.67. The van der Waals surface area contributed by atoms with Crippen molar-refractivity contribution in [3.63, 3.8) is 0 Å². The van der Waals surface area contributed by atoms with Crippen LogP contribution in [-0.4, -0.2) is 49.7 Å². The number of sulfonamides is 1. The summed E-state index contributed by atoms with van der Waals surface area (Å²) >= 11 is 12.1. The minimum Gasteiger partial charge on any atom is -0.340 e. The third kappa shape index (κ3) is 4.63. The molecule has 144 valence electrons. The minimum absolute atomic E-state index is 0.0340. The van der Waals surface area contributed by atoms with Crippen LogP contribution in [0.15, 0.2) is 53.4 Å². The zero-order chi connectivity index (χ0) is 19.4. The number of carbonyl (C=O) groups excluding carboxylic acids is 1. The van der Waals surface area contributed by atoms with Gasteiger partial charge in [0.1, 0.15) is 4.90 Å². The quantitative estimate of drug-likeness (QED) is 0.735. The molecule has 27 heavy (non-hydrogen) atoms. The Morgan fingerprint density at radius 2 is 1.48 bits per heavy atom. The molecule has 0 spiro atoms. The van der Waals surface area contributed by atoms with Gasteiger partial charge in [-0.15, -0.1) is 0 Å². The van der Waals surface area contributed by atoms with Crippen molar-refractivity contribution in [2.45, 2.75) is 17.7 Å². The van der Waals surface area contributed by atoms with Crippen molar-refractivity contribution >= 4 is 39.1 Å². The Morgan fingerprint density at radius 1 is 0.889 bits per heavy atom. The van der Waals surface area contributed by atoms with Crippen LogP contribution in [0, 0.1) is 0 Å². The maximum Gasteiger partial charge on any atom is 0.246 e. The van der Waals surface area contributed by atoms with Gasteiger partial charge in [0.2, 0.25) is 15.9 Å². The molecule has 1 saturated heterocycles. The fourth-order valence-corrected chi connectivity index (χ4v) is 5.60. The first-order chi connectivity index (χ1) is 12.9. The summed E-state index contributed by atoms with van der Waals surface area (Å²) in [6, 6.07) is 14.4. The van der Waals surface area contributed by atoms with Crippen molar-refractivity contribution in [3.8, 4) is 0 Å². The predicted molar refractivity (Wildman–Crippen MR) is 107 cm³/mol. The van der Waals surface area contributed by atoms with Crippen LogP contribution in [0.5, 0.6) is 0 Å². The Hall–Kier alpha value is -1.60. The van der Waals surface area contributed by atoms with Crippen molar-refractivity contribution in [1.82, 2.24) is 9.21 Å². The number of amides is 1. The standard InChI is InChI=1S/C19H20Cl2N2O3S/c20-16-7-4-8-17(21)19(16)27(25,26)23-13-11-22(12-14-23)18(24)10-9-15-5-2-1-3-6-15/h1-8H,9-14H2. The number of carbonyl (C=O) groups is 1. The Morgan fingerprint density at radius 3 is 2.07 bits per heavy atom. The number of hydrogen-bond donors (Lipinski definition) is 0. The van der Waals surface area contributed by atoms with Gasteiger partial charge in [0.15, 0.2) is 0 Å². The highest BCUT2D eigenvalue weighted by Crippen LogP contribution is 2.31. The summed E-state index contributed by atoms with van der Waals surface area (Å²) in [5.74, 6) is 0.0340. The van der Waals surface area contributed by atoms with E-state index >= 15 is 0 Å². The second-order valence-corrected chi connectivity index (χ2v) is 9.01. The fraction of sp³-hybridized carbons (Fsp3) is 0.316. The molecular formula is C19H20Cl2N2O3S. The van der Waals surface area contributed by atoms with Crippen LogP contribution in [0.3, 0.4) is 0 Å². The van der Waals surface area contributed by atoms with Gasteiger partial charge < -0.3 is 4.90 Å². The highest BCUT2D eigenvalue weighted by atomic mass is 35.5. The molecule has 2 aromatic carbocycles. The van der Waals surface area contributed by atoms with E-state index in [0.717, 1.165) is 5.56 Å². The molecular weight excluding hydrogens is 407 g/mol. The molecule has 0 radical (unpaired) electrons. The molecule has 0 unspecified atom stereocenters. The molecule has 1 amide bonds. The molecule has 0 bridgehead atoms. The van der Waals surface area contributed by atoms with Crippen LogP contribution in [0.2, 0.25) is 10.0 Å². The molecule has 5 nitrogen and oxygen atoms in total. The maximum absolute atomic E-state index is 12.9. The molecule has 0 saturated carbocycles. The third-order valence-electron chi connectivity index (χ3n) is 4.58. The molecule has 8 heteroatoms. The number of nitrogens with zero attached hydrogens (tertiary/aromatic N) is 2. The smallest absolute Gasteiger partial charge is 0.246 e. The van der Waals surface area contributed by atoms with Gasteiger partial charge in [-0.3, -0.25) is 4.79 Å². The van der Waals surface area contributed by atoms with Gasteiger partial charge in [-0.05, 0) is 24.1 Å². The molecule has 1 aliphatic rings. The Balaban J connectivity index is 1.60. The molecule has 0 N–H and O–H groups in total. The van der Waals surface area contributed by atoms with Gasteiger partial charge in [0.25, 0.3) is 0 Å². The van der Waals surface area contributed by atoms with Crippen molar-refractivity contribution in [1.29, 1.82) is 0 Å². The first-order valence-electron chi connectivity index (χ1n) is 8.65. The van der Waals surface area contributed by atoms with E-state index in [1.165, 1.54) is 16.4 Å². The number of aryl methyl sites for hydroxylation is 1. The summed E-state index contributed by atoms with van der Waals surface area (Å²) in [5.41, 5.74) is 1.11. The van der Waals surface area contributed by atoms with Crippen LogP contribution in [0.1, 0.15) is 12.0 Å². The SMILES string of the molecule is O=C(CCc1ccccc1)N1CCN(S(=O)(=O)c2c(Cl)cccc2Cl)CC1. The molecule has 1 fully saturated rings. The lowest BCUT2D eigenvalue weighted by Crippen LogP contribution is -2.50. The molecule has 2 aromatic rings. The second kappa shape index (κ2) is 8.61. The Bertz CT molecular complexity index is 892. The van der Waals surface area contributed by atoms with Crippen molar-refractivity contribution in [2.75, 3.05) is 26.2 Å². The number of rotatable bonds is 5. The van der Waals surface area contributed by atoms with Crippen molar-refractivity contribution in [2.24, 2.45) is 0 Å². The summed E-state index contributed by atoms with van der Waals surface area (Å²) in [7, 11) is -3.80. The third-order valence-corrected chi connectivity index (χ3v) is 7.43. The van der Waals surface area contributed by atoms with Crippen LogP contribution in [0.25, 0.3) is 0 Å². The van der Waals surface area contributed by atoms with Gasteiger partial charge >= 0.3 is 0 Å². The molecule has 1 heterocycles. The van der Waals surface area contributed by atoms with Gasteiger partial charge in [-0.1, -0.05) is 59.6 Å². The first kappa shape index (κ1) is 20.1. The summed E-state index contributed by atoms with van der Waals surface area (Å²) < 4.78 is 27.1. The molecule has 0 atom stereocenters. The van der Waals surface area contributed by atoms with Gasteiger partial charge in [-0.2, -0.15) is 4.31 Å². The molecule has 0 aliphatic carbocycles. The van der Waals surface area contributed by atoms with E-state index in [2.05, 4.69) is 0 Å². The highest BCUT2D eigenvalue weighted by Gasteiger charge is 2.32. The number of benzene rings is 2. The normalized spacial score (nSPS) is 15.7. The van der Waals surface area contributed by atoms with Crippen LogP contribution in [-0.2, 0) is 21.2 Å². The maximum atomic E-state index is 12.9. The number of piperazine rings is 1. The molecule has 1 aliphatic heterocycles. The highest BCUT2D eigenvalue weighted by molar-refractivity contribution is 7.89. The zero-order valence-electron chi connectivity index (χ0n) is 14.6. The Labute approximate surface area is 169 Å². The van der Waals surface area contributed by atoms with E-state index in [4.69, 9.17) is 23.2 Å². The lowest BCUT2D eigenvalue weighted by molar-refractivity contribution is -0.132. The van der Waals surface area contributed by atoms with E-state index in [1.807, 2.05) is 30.3 Å². The van der Waals surface area contributed by atoms with Crippen LogP contribution >= 0.6 is 23.2 Å². The van der Waals surface area contributed by atoms with E-state index in [9.17, 15) is 13.2 Å². The number of halogens is 2. The summed E-state index contributed by atoms with van der Waals surface area (Å²) in [6.45, 7) is 1.16. The molecule has 3 rings (SSSR count). The van der Waals surface area contributed by atoms with Gasteiger partial charge in [0.05, 0.1) is 10.0 Å². The topological polar surface area (TPSA) is 57.7 Å². The van der Waals surface area contributed by atoms with Crippen molar-refractivity contribution < 1.29 is 13.2 Å². The van der Waals surface area contributed by atoms with Crippen LogP contribution in [0.4, 0.5) is 0 Å². The summed E-state index contributed by atoms with van der Waals surface area (Å²) in [6.07, 6.45) is 1.08. The van der Waals surface area contributed by atoms with E-state index in [1.54, 1.807) is 11.0 Å². The lowest BCUT2D eigenvalue weighted by Gasteiger charge is -2.34. The first-order valence-corrected chi connectivity index (χ1v) is 10.8. The minimum atomic E-state index is -3.80. The second-order valence-electron chi connectivity index (χ2n) is 6.32. The fourth-order valence-electron chi connectivity index (χ4n) is 3.09. The van der Waals surface area contributed by atoms with E-state index in [0.29, 0.717) is 25.9 Å². The Kier molecular flexibility index (Phi) is 6.42. The van der Waals surface area contributed by atoms with Gasteiger partial charge in [-0.25, -0.2) is 8.42 Å². The van der Waals surface area contributed by atoms with E-state index in [-0.39, 0.29) is 33.9 Å². The zero-order valence-corrected chi connectivity index (χ0v) is 17.0. The molecule has 0 aromatic heterocycles. The number of hydrogen-bond acceptors (Lipinski definition) is 3. The van der Waals surface area contributed by atoms with Crippen LogP contribution < -0.4 is 0 Å². The summed E-state index contributed by atoms with van der Waals surface area (Å²) in [4.78, 5) is 14.1. The summed E-state index contributed by atoms with van der Waals surface area (Å²) in [5, 5.41) is 0.202.